The number of rotatable bonds is 4. The minimum Gasteiger partial charge on any atom is -0.457 e. The predicted octanol–water partition coefficient (Wildman–Crippen LogP) is 2.84. The Kier molecular flexibility index (Phi) is 4.24. The molecule has 0 saturated carbocycles. The van der Waals surface area contributed by atoms with Gasteiger partial charge in [0.15, 0.2) is 0 Å². The lowest BCUT2D eigenvalue weighted by atomic mass is 9.94. The number of hydrogen-bond acceptors (Lipinski definition) is 5. The molecule has 2 aromatic rings. The van der Waals surface area contributed by atoms with Gasteiger partial charge < -0.3 is 10.1 Å². The van der Waals surface area contributed by atoms with Gasteiger partial charge in [0.25, 0.3) is 5.69 Å². The minimum absolute atomic E-state index is 0.00161. The lowest BCUT2D eigenvalue weighted by molar-refractivity contribution is -0.384. The second kappa shape index (κ2) is 6.49. The van der Waals surface area contributed by atoms with Crippen LogP contribution in [0.3, 0.4) is 0 Å². The summed E-state index contributed by atoms with van der Waals surface area (Å²) >= 11 is 0. The minimum atomic E-state index is -0.643. The third kappa shape index (κ3) is 3.24. The summed E-state index contributed by atoms with van der Waals surface area (Å²) in [4.78, 5) is 34.3. The van der Waals surface area contributed by atoms with Gasteiger partial charge in [0, 0.05) is 17.8 Å². The van der Waals surface area contributed by atoms with Gasteiger partial charge in [-0.3, -0.25) is 19.7 Å². The number of esters is 1. The number of anilines is 1. The first kappa shape index (κ1) is 15.7. The Bertz CT molecular complexity index is 773. The van der Waals surface area contributed by atoms with Gasteiger partial charge in [0.1, 0.15) is 6.10 Å². The first-order valence-electron chi connectivity index (χ1n) is 7.34. The van der Waals surface area contributed by atoms with Gasteiger partial charge in [-0.2, -0.15) is 0 Å². The Balaban J connectivity index is 1.75. The number of hydrogen-bond donors (Lipinski definition) is 1. The number of carbonyl (C=O) groups is 2. The van der Waals surface area contributed by atoms with E-state index in [2.05, 4.69) is 5.32 Å². The number of nitro groups is 1. The zero-order valence-electron chi connectivity index (χ0n) is 12.5. The molecule has 3 rings (SSSR count). The van der Waals surface area contributed by atoms with Crippen LogP contribution in [-0.2, 0) is 14.3 Å². The number of ether oxygens (including phenoxy) is 1. The van der Waals surface area contributed by atoms with E-state index in [1.165, 1.54) is 24.3 Å². The second-order valence-corrected chi connectivity index (χ2v) is 5.42. The molecule has 7 heteroatoms. The van der Waals surface area contributed by atoms with Crippen molar-refractivity contribution in [1.29, 1.82) is 0 Å². The number of non-ortho nitro benzene ring substituents is 1. The number of carbonyl (C=O) groups excluding carboxylic acids is 2. The molecule has 1 heterocycles. The normalized spacial score (nSPS) is 19.6. The van der Waals surface area contributed by atoms with Gasteiger partial charge in [0.2, 0.25) is 5.91 Å². The van der Waals surface area contributed by atoms with Crippen LogP contribution in [0.5, 0.6) is 0 Å². The molecule has 1 amide bonds. The van der Waals surface area contributed by atoms with E-state index in [1.807, 2.05) is 18.2 Å². The number of nitrogens with one attached hydrogen (secondary N) is 1. The van der Waals surface area contributed by atoms with Crippen molar-refractivity contribution >= 4 is 23.3 Å². The average molecular weight is 326 g/mol. The molecule has 7 nitrogen and oxygen atoms in total. The topological polar surface area (TPSA) is 98.5 Å². The van der Waals surface area contributed by atoms with Crippen LogP contribution in [0, 0.1) is 16.0 Å². The molecule has 0 aromatic heterocycles. The maximum Gasteiger partial charge on any atom is 0.307 e. The van der Waals surface area contributed by atoms with Crippen LogP contribution in [-0.4, -0.2) is 16.8 Å². The zero-order valence-corrected chi connectivity index (χ0v) is 12.5. The Morgan fingerprint density at radius 3 is 2.42 bits per heavy atom. The summed E-state index contributed by atoms with van der Waals surface area (Å²) in [6, 6.07) is 14.6. The van der Waals surface area contributed by atoms with Crippen molar-refractivity contribution in [2.45, 2.75) is 12.5 Å². The summed E-state index contributed by atoms with van der Waals surface area (Å²) in [6.45, 7) is 0. The fourth-order valence-electron chi connectivity index (χ4n) is 2.63. The van der Waals surface area contributed by atoms with E-state index in [-0.39, 0.29) is 18.0 Å². The molecular weight excluding hydrogens is 312 g/mol. The van der Waals surface area contributed by atoms with E-state index in [9.17, 15) is 19.7 Å². The summed E-state index contributed by atoms with van der Waals surface area (Å²) in [6.07, 6.45) is -0.630. The van der Waals surface area contributed by atoms with Crippen LogP contribution in [0.1, 0.15) is 18.1 Å². The van der Waals surface area contributed by atoms with E-state index in [4.69, 9.17) is 4.74 Å². The van der Waals surface area contributed by atoms with Crippen LogP contribution >= 0.6 is 0 Å². The third-order valence-electron chi connectivity index (χ3n) is 3.82. The van der Waals surface area contributed by atoms with Crippen molar-refractivity contribution in [3.05, 3.63) is 70.3 Å². The van der Waals surface area contributed by atoms with Crippen molar-refractivity contribution in [2.75, 3.05) is 5.32 Å². The third-order valence-corrected chi connectivity index (χ3v) is 3.82. The van der Waals surface area contributed by atoms with E-state index in [0.717, 1.165) is 5.56 Å². The van der Waals surface area contributed by atoms with Crippen molar-refractivity contribution in [2.24, 2.45) is 5.92 Å². The van der Waals surface area contributed by atoms with Crippen LogP contribution in [0.25, 0.3) is 0 Å². The van der Waals surface area contributed by atoms with Gasteiger partial charge in [-0.05, 0) is 17.7 Å². The van der Waals surface area contributed by atoms with Crippen molar-refractivity contribution < 1.29 is 19.2 Å². The molecule has 122 valence electrons. The summed E-state index contributed by atoms with van der Waals surface area (Å²) in [5, 5.41) is 13.3. The standard InChI is InChI=1S/C17H14N2O5/c20-15-10-14(16(24-15)11-4-2-1-3-5-11)17(21)18-12-6-8-13(9-7-12)19(22)23/h1-9,14,16H,10H2,(H,18,21)/t14-,16+/m1/s1. The Hall–Kier alpha value is -3.22. The summed E-state index contributed by atoms with van der Waals surface area (Å²) in [5.41, 5.74) is 1.12. The molecule has 0 radical (unpaired) electrons. The SMILES string of the molecule is O=C1C[C@@H](C(=O)Nc2ccc([N+](=O)[O-])cc2)[C@H](c2ccccc2)O1. The predicted molar refractivity (Wildman–Crippen MR) is 85.1 cm³/mol. The van der Waals surface area contributed by atoms with Gasteiger partial charge in [-0.1, -0.05) is 30.3 Å². The smallest absolute Gasteiger partial charge is 0.307 e. The van der Waals surface area contributed by atoms with Crippen molar-refractivity contribution in [3.63, 3.8) is 0 Å². The number of amides is 1. The first-order valence-corrected chi connectivity index (χ1v) is 7.34. The number of benzene rings is 2. The summed E-state index contributed by atoms with van der Waals surface area (Å²) in [5.74, 6) is -1.42. The van der Waals surface area contributed by atoms with Crippen LogP contribution in [0.15, 0.2) is 54.6 Å². The fourth-order valence-corrected chi connectivity index (χ4v) is 2.63. The number of nitrogens with zero attached hydrogens (tertiary/aromatic N) is 1. The maximum atomic E-state index is 12.5. The molecular formula is C17H14N2O5. The molecule has 0 aliphatic carbocycles. The highest BCUT2D eigenvalue weighted by Gasteiger charge is 2.40. The molecule has 0 bridgehead atoms. The van der Waals surface area contributed by atoms with Crippen molar-refractivity contribution in [1.82, 2.24) is 0 Å². The highest BCUT2D eigenvalue weighted by atomic mass is 16.6. The Morgan fingerprint density at radius 2 is 1.79 bits per heavy atom. The van der Waals surface area contributed by atoms with Crippen LogP contribution in [0.4, 0.5) is 11.4 Å². The number of cyclic esters (lactones) is 1. The van der Waals surface area contributed by atoms with Gasteiger partial charge in [0.05, 0.1) is 17.3 Å². The second-order valence-electron chi connectivity index (χ2n) is 5.42. The average Bonchev–Trinajstić information content (AvgIpc) is 2.98. The highest BCUT2D eigenvalue weighted by molar-refractivity contribution is 5.96. The quantitative estimate of drug-likeness (QED) is 0.529. The molecule has 0 spiro atoms. The highest BCUT2D eigenvalue weighted by Crippen LogP contribution is 2.36. The van der Waals surface area contributed by atoms with E-state index < -0.39 is 22.9 Å². The maximum absolute atomic E-state index is 12.5. The molecule has 2 atom stereocenters. The van der Waals surface area contributed by atoms with Crippen LogP contribution in [0.2, 0.25) is 0 Å². The summed E-state index contributed by atoms with van der Waals surface area (Å²) < 4.78 is 5.28. The monoisotopic (exact) mass is 326 g/mol. The van der Waals surface area contributed by atoms with Crippen molar-refractivity contribution in [3.8, 4) is 0 Å². The molecule has 1 fully saturated rings. The number of nitro benzene ring substituents is 1. The Morgan fingerprint density at radius 1 is 1.12 bits per heavy atom. The molecule has 2 aromatic carbocycles. The first-order chi connectivity index (χ1) is 11.5. The van der Waals surface area contributed by atoms with E-state index in [1.54, 1.807) is 12.1 Å². The van der Waals surface area contributed by atoms with E-state index in [0.29, 0.717) is 5.69 Å². The van der Waals surface area contributed by atoms with Crippen LogP contribution < -0.4 is 5.32 Å². The lowest BCUT2D eigenvalue weighted by Gasteiger charge is -2.17. The molecule has 1 N–H and O–H groups in total. The van der Waals surface area contributed by atoms with Gasteiger partial charge in [-0.15, -0.1) is 0 Å². The molecule has 1 aliphatic rings. The molecule has 24 heavy (non-hydrogen) atoms. The molecule has 1 saturated heterocycles. The molecule has 1 aliphatic heterocycles. The molecule has 0 unspecified atom stereocenters. The zero-order chi connectivity index (χ0) is 17.1. The van der Waals surface area contributed by atoms with Gasteiger partial charge in [-0.25, -0.2) is 0 Å². The van der Waals surface area contributed by atoms with Gasteiger partial charge >= 0.3 is 5.97 Å². The lowest BCUT2D eigenvalue weighted by Crippen LogP contribution is -2.25. The largest absolute Gasteiger partial charge is 0.457 e. The van der Waals surface area contributed by atoms with E-state index >= 15 is 0 Å². The fraction of sp³-hybridized carbons (Fsp3) is 0.176. The summed E-state index contributed by atoms with van der Waals surface area (Å²) in [7, 11) is 0. The Labute approximate surface area is 137 Å².